The number of nitrogens with one attached hydrogen (secondary N) is 1. The lowest BCUT2D eigenvalue weighted by Crippen LogP contribution is -2.35. The van der Waals surface area contributed by atoms with Crippen LogP contribution in [0.3, 0.4) is 0 Å². The molecule has 0 aromatic carbocycles. The summed E-state index contributed by atoms with van der Waals surface area (Å²) in [6, 6.07) is 3.92. The van der Waals surface area contributed by atoms with Crippen LogP contribution in [0.4, 0.5) is 0 Å². The normalized spacial score (nSPS) is 26.5. The van der Waals surface area contributed by atoms with Gasteiger partial charge in [-0.25, -0.2) is 9.78 Å². The summed E-state index contributed by atoms with van der Waals surface area (Å²) in [4.78, 5) is 15.9. The average molecular weight is 369 g/mol. The Bertz CT molecular complexity index is 560. The molecule has 120 valence electrons. The van der Waals surface area contributed by atoms with Crippen molar-refractivity contribution in [2.75, 3.05) is 20.3 Å². The Labute approximate surface area is 138 Å². The Kier molecular flexibility index (Phi) is 4.52. The van der Waals surface area contributed by atoms with Gasteiger partial charge in [0, 0.05) is 30.3 Å². The second-order valence-electron chi connectivity index (χ2n) is 6.22. The van der Waals surface area contributed by atoms with Gasteiger partial charge in [0.25, 0.3) is 0 Å². The number of aromatic nitrogens is 1. The second kappa shape index (κ2) is 6.26. The first kappa shape index (κ1) is 15.9. The first-order valence-corrected chi connectivity index (χ1v) is 8.45. The van der Waals surface area contributed by atoms with Crippen LogP contribution in [0, 0.1) is 0 Å². The lowest BCUT2D eigenvalue weighted by molar-refractivity contribution is -0.153. The molecule has 22 heavy (non-hydrogen) atoms. The van der Waals surface area contributed by atoms with Gasteiger partial charge in [0.15, 0.2) is 0 Å². The Hall–Kier alpha value is -0.980. The predicted octanol–water partition coefficient (Wildman–Crippen LogP) is 2.54. The van der Waals surface area contributed by atoms with Crippen molar-refractivity contribution in [1.29, 1.82) is 0 Å². The van der Waals surface area contributed by atoms with E-state index in [0.717, 1.165) is 29.4 Å². The Morgan fingerprint density at radius 3 is 2.91 bits per heavy atom. The molecule has 2 heterocycles. The zero-order valence-electron chi connectivity index (χ0n) is 12.7. The summed E-state index contributed by atoms with van der Waals surface area (Å²) in [5, 5.41) is 3.66. The van der Waals surface area contributed by atoms with E-state index in [1.165, 1.54) is 20.0 Å². The average Bonchev–Trinajstić information content (AvgIpc) is 3.14. The fraction of sp³-hybridized carbons (Fsp3) is 0.625. The van der Waals surface area contributed by atoms with Crippen LogP contribution >= 0.6 is 15.9 Å². The van der Waals surface area contributed by atoms with Gasteiger partial charge in [-0.1, -0.05) is 18.9 Å². The number of methoxy groups -OCH3 is 1. The zero-order chi connectivity index (χ0) is 15.6. The van der Waals surface area contributed by atoms with Crippen molar-refractivity contribution in [3.63, 3.8) is 0 Å². The van der Waals surface area contributed by atoms with Crippen LogP contribution in [-0.2, 0) is 19.9 Å². The lowest BCUT2D eigenvalue weighted by Gasteiger charge is -2.31. The third kappa shape index (κ3) is 2.92. The summed E-state index contributed by atoms with van der Waals surface area (Å²) in [6.45, 7) is 0.643. The monoisotopic (exact) mass is 368 g/mol. The molecule has 2 aliphatic rings. The highest BCUT2D eigenvalue weighted by Crippen LogP contribution is 2.47. The molecule has 0 bridgehead atoms. The molecule has 1 N–H and O–H groups in total. The van der Waals surface area contributed by atoms with Gasteiger partial charge >= 0.3 is 5.97 Å². The van der Waals surface area contributed by atoms with Crippen LogP contribution in [0.2, 0.25) is 0 Å². The maximum Gasteiger partial charge on any atom is 0.331 e. The van der Waals surface area contributed by atoms with E-state index in [1.54, 1.807) is 6.20 Å². The number of carbonyl (C=O) groups is 1. The molecule has 1 atom stereocenters. The van der Waals surface area contributed by atoms with Gasteiger partial charge in [-0.3, -0.25) is 0 Å². The van der Waals surface area contributed by atoms with Crippen molar-refractivity contribution in [2.45, 2.75) is 43.2 Å². The second-order valence-corrected chi connectivity index (χ2v) is 6.97. The Morgan fingerprint density at radius 1 is 1.45 bits per heavy atom. The molecule has 6 heteroatoms. The van der Waals surface area contributed by atoms with Gasteiger partial charge < -0.3 is 14.8 Å². The smallest absolute Gasteiger partial charge is 0.331 e. The van der Waals surface area contributed by atoms with E-state index in [1.807, 2.05) is 12.1 Å². The van der Waals surface area contributed by atoms with Crippen molar-refractivity contribution in [3.8, 4) is 0 Å². The topological polar surface area (TPSA) is 60.5 Å². The van der Waals surface area contributed by atoms with Crippen molar-refractivity contribution in [1.82, 2.24) is 10.3 Å². The molecular weight excluding hydrogens is 348 g/mol. The maximum atomic E-state index is 11.5. The molecule has 1 spiro atoms. The summed E-state index contributed by atoms with van der Waals surface area (Å²) in [5.41, 5.74) is 0.590. The minimum absolute atomic E-state index is 0.0460. The van der Waals surface area contributed by atoms with E-state index in [0.29, 0.717) is 6.54 Å². The lowest BCUT2D eigenvalue weighted by atomic mass is 9.84. The molecule has 1 aromatic heterocycles. The van der Waals surface area contributed by atoms with E-state index in [4.69, 9.17) is 9.47 Å². The van der Waals surface area contributed by atoms with E-state index in [2.05, 4.69) is 26.2 Å². The SMILES string of the molecule is COC(=O)COC1(c2cccnc2Br)CNC2(CCCC2)C1. The third-order valence-electron chi connectivity index (χ3n) is 4.88. The highest BCUT2D eigenvalue weighted by molar-refractivity contribution is 9.10. The van der Waals surface area contributed by atoms with Crippen LogP contribution in [0.25, 0.3) is 0 Å². The van der Waals surface area contributed by atoms with Gasteiger partial charge in [0.05, 0.1) is 7.11 Å². The Balaban J connectivity index is 1.89. The maximum absolute atomic E-state index is 11.5. The van der Waals surface area contributed by atoms with Crippen LogP contribution in [0.5, 0.6) is 0 Å². The van der Waals surface area contributed by atoms with Crippen molar-refractivity contribution in [3.05, 3.63) is 28.5 Å². The molecular formula is C16H21BrN2O3. The number of esters is 1. The summed E-state index contributed by atoms with van der Waals surface area (Å²) < 4.78 is 11.6. The highest BCUT2D eigenvalue weighted by Gasteiger charge is 2.51. The van der Waals surface area contributed by atoms with Crippen molar-refractivity contribution in [2.24, 2.45) is 0 Å². The standard InChI is InChI=1S/C16H21BrN2O3/c1-21-13(20)9-22-16(12-5-4-8-18-14(12)17)10-15(19-11-16)6-2-3-7-15/h4-5,8,19H,2-3,6-7,9-11H2,1H3. The number of rotatable bonds is 4. The number of carbonyl (C=O) groups excluding carboxylic acids is 1. The molecule has 0 radical (unpaired) electrons. The molecule has 1 aromatic rings. The number of halogens is 1. The van der Waals surface area contributed by atoms with Gasteiger partial charge in [0.1, 0.15) is 16.8 Å². The summed E-state index contributed by atoms with van der Waals surface area (Å²) in [6.07, 6.45) is 7.42. The minimum Gasteiger partial charge on any atom is -0.467 e. The molecule has 1 aliphatic heterocycles. The number of ether oxygens (including phenoxy) is 2. The molecule has 2 fully saturated rings. The Morgan fingerprint density at radius 2 is 2.23 bits per heavy atom. The molecule has 1 saturated heterocycles. The molecule has 3 rings (SSSR count). The number of nitrogens with zero attached hydrogens (tertiary/aromatic N) is 1. The van der Waals surface area contributed by atoms with Crippen LogP contribution < -0.4 is 5.32 Å². The minimum atomic E-state index is -0.536. The summed E-state index contributed by atoms with van der Waals surface area (Å²) in [7, 11) is 1.38. The van der Waals surface area contributed by atoms with E-state index >= 15 is 0 Å². The van der Waals surface area contributed by atoms with Crippen LogP contribution in [0.15, 0.2) is 22.9 Å². The van der Waals surface area contributed by atoms with Gasteiger partial charge in [-0.2, -0.15) is 0 Å². The summed E-state index contributed by atoms with van der Waals surface area (Å²) >= 11 is 3.53. The number of hydrogen-bond acceptors (Lipinski definition) is 5. The highest BCUT2D eigenvalue weighted by atomic mass is 79.9. The van der Waals surface area contributed by atoms with Gasteiger partial charge in [-0.15, -0.1) is 0 Å². The zero-order valence-corrected chi connectivity index (χ0v) is 14.3. The van der Waals surface area contributed by atoms with Crippen molar-refractivity contribution >= 4 is 21.9 Å². The van der Waals surface area contributed by atoms with Crippen LogP contribution in [0.1, 0.15) is 37.7 Å². The molecule has 0 amide bonds. The third-order valence-corrected chi connectivity index (χ3v) is 5.51. The fourth-order valence-corrected chi connectivity index (χ4v) is 4.37. The van der Waals surface area contributed by atoms with E-state index in [-0.39, 0.29) is 18.1 Å². The number of pyridine rings is 1. The van der Waals surface area contributed by atoms with E-state index in [9.17, 15) is 4.79 Å². The predicted molar refractivity (Wildman–Crippen MR) is 85.4 cm³/mol. The molecule has 1 unspecified atom stereocenters. The van der Waals surface area contributed by atoms with Crippen LogP contribution in [-0.4, -0.2) is 36.8 Å². The van der Waals surface area contributed by atoms with Gasteiger partial charge in [-0.05, 0) is 34.8 Å². The number of hydrogen-bond donors (Lipinski definition) is 1. The first-order valence-electron chi connectivity index (χ1n) is 7.66. The first-order chi connectivity index (χ1) is 10.6. The fourth-order valence-electron chi connectivity index (χ4n) is 3.76. The molecule has 5 nitrogen and oxygen atoms in total. The van der Waals surface area contributed by atoms with Crippen molar-refractivity contribution < 1.29 is 14.3 Å². The van der Waals surface area contributed by atoms with Gasteiger partial charge in [0.2, 0.25) is 0 Å². The summed E-state index contributed by atoms with van der Waals surface area (Å²) in [5.74, 6) is -0.355. The molecule has 1 aliphatic carbocycles. The van der Waals surface area contributed by atoms with E-state index < -0.39 is 5.60 Å². The quantitative estimate of drug-likeness (QED) is 0.653. The molecule has 1 saturated carbocycles. The largest absolute Gasteiger partial charge is 0.467 e.